The van der Waals surface area contributed by atoms with Crippen LogP contribution in [0.25, 0.3) is 0 Å². The second-order valence-corrected chi connectivity index (χ2v) is 7.84. The largest absolute Gasteiger partial charge is 0.493 e. The van der Waals surface area contributed by atoms with Gasteiger partial charge in [-0.25, -0.2) is 0 Å². The highest BCUT2D eigenvalue weighted by Crippen LogP contribution is 2.34. The molecule has 156 valence electrons. The third kappa shape index (κ3) is 6.94. The molecule has 0 aromatic heterocycles. The molecule has 0 bridgehead atoms. The van der Waals surface area contributed by atoms with Gasteiger partial charge in [-0.05, 0) is 52.5 Å². The third-order valence-electron chi connectivity index (χ3n) is 4.36. The number of benzene rings is 1. The van der Waals surface area contributed by atoms with Crippen LogP contribution in [0.5, 0.6) is 11.5 Å². The Kier molecular flexibility index (Phi) is 7.96. The van der Waals surface area contributed by atoms with Gasteiger partial charge in [0.1, 0.15) is 12.1 Å². The number of rotatable bonds is 7. The zero-order chi connectivity index (χ0) is 20.6. The number of para-hydroxylation sites is 1. The Bertz CT molecular complexity index is 677. The fourth-order valence-corrected chi connectivity index (χ4v) is 3.10. The number of hydrogen-bond donors (Lipinski definition) is 2. The van der Waals surface area contributed by atoms with Gasteiger partial charge in [0.05, 0.1) is 13.2 Å². The normalized spacial score (nSPS) is 15.2. The summed E-state index contributed by atoms with van der Waals surface area (Å²) in [5.74, 6) is 1.68. The molecule has 1 aromatic rings. The summed E-state index contributed by atoms with van der Waals surface area (Å²) in [4.78, 5) is 16.0. The zero-order valence-corrected chi connectivity index (χ0v) is 17.6. The first kappa shape index (κ1) is 21.9. The quantitative estimate of drug-likeness (QED) is 0.422. The van der Waals surface area contributed by atoms with E-state index in [4.69, 9.17) is 14.2 Å². The van der Waals surface area contributed by atoms with Gasteiger partial charge in [0.2, 0.25) is 0 Å². The highest BCUT2D eigenvalue weighted by Gasteiger charge is 2.21. The smallest absolute Gasteiger partial charge is 0.325 e. The number of hydrogen-bond acceptors (Lipinski definition) is 5. The summed E-state index contributed by atoms with van der Waals surface area (Å²) >= 11 is 0. The molecule has 0 saturated heterocycles. The molecule has 1 aliphatic carbocycles. The SMILES string of the molecule is CN=C(NCC(=O)OC(C)(C)C)NCc1cccc(OC)c1OC1CCCC1. The molecule has 1 saturated carbocycles. The van der Waals surface area contributed by atoms with E-state index in [0.29, 0.717) is 12.5 Å². The summed E-state index contributed by atoms with van der Waals surface area (Å²) in [5, 5.41) is 6.19. The minimum atomic E-state index is -0.511. The first-order valence-corrected chi connectivity index (χ1v) is 9.81. The van der Waals surface area contributed by atoms with Gasteiger partial charge in [-0.2, -0.15) is 0 Å². The lowest BCUT2D eigenvalue weighted by molar-refractivity contribution is -0.153. The average Bonchev–Trinajstić information content (AvgIpc) is 3.14. The van der Waals surface area contributed by atoms with Crippen molar-refractivity contribution in [1.82, 2.24) is 10.6 Å². The number of esters is 1. The molecule has 28 heavy (non-hydrogen) atoms. The van der Waals surface area contributed by atoms with Crippen LogP contribution in [0, 0.1) is 0 Å². The van der Waals surface area contributed by atoms with Gasteiger partial charge in [-0.15, -0.1) is 0 Å². The van der Waals surface area contributed by atoms with Crippen LogP contribution in [0.2, 0.25) is 0 Å². The van der Waals surface area contributed by atoms with E-state index in [1.807, 2.05) is 39.0 Å². The molecule has 7 heteroatoms. The molecule has 0 radical (unpaired) electrons. The van der Waals surface area contributed by atoms with Gasteiger partial charge in [-0.3, -0.25) is 9.79 Å². The number of aliphatic imine (C=N–C) groups is 1. The topological polar surface area (TPSA) is 81.2 Å². The molecule has 0 amide bonds. The number of ether oxygens (including phenoxy) is 3. The maximum absolute atomic E-state index is 11.9. The van der Waals surface area contributed by atoms with Gasteiger partial charge in [0.15, 0.2) is 17.5 Å². The zero-order valence-electron chi connectivity index (χ0n) is 17.6. The van der Waals surface area contributed by atoms with Gasteiger partial charge >= 0.3 is 5.97 Å². The maximum atomic E-state index is 11.9. The summed E-state index contributed by atoms with van der Waals surface area (Å²) in [5.41, 5.74) is 0.467. The van der Waals surface area contributed by atoms with Crippen molar-refractivity contribution >= 4 is 11.9 Å². The van der Waals surface area contributed by atoms with Crippen molar-refractivity contribution in [3.05, 3.63) is 23.8 Å². The molecule has 0 heterocycles. The van der Waals surface area contributed by atoms with Gasteiger partial charge in [0.25, 0.3) is 0 Å². The van der Waals surface area contributed by atoms with E-state index in [1.54, 1.807) is 14.2 Å². The van der Waals surface area contributed by atoms with Gasteiger partial charge < -0.3 is 24.8 Å². The fraction of sp³-hybridized carbons (Fsp3) is 0.619. The summed E-state index contributed by atoms with van der Waals surface area (Å²) in [7, 11) is 3.31. The highest BCUT2D eigenvalue weighted by atomic mass is 16.6. The molecule has 0 aliphatic heterocycles. The van der Waals surface area contributed by atoms with Crippen LogP contribution in [-0.4, -0.2) is 44.3 Å². The Morgan fingerprint density at radius 3 is 2.54 bits per heavy atom. The van der Waals surface area contributed by atoms with Gasteiger partial charge in [0, 0.05) is 19.2 Å². The summed E-state index contributed by atoms with van der Waals surface area (Å²) in [6.45, 7) is 6.06. The molecule has 7 nitrogen and oxygen atoms in total. The van der Waals surface area contributed by atoms with Crippen LogP contribution in [0.1, 0.15) is 52.0 Å². The lowest BCUT2D eigenvalue weighted by Gasteiger charge is -2.21. The van der Waals surface area contributed by atoms with Crippen molar-refractivity contribution in [2.45, 2.75) is 64.7 Å². The Hall–Kier alpha value is -2.44. The molecule has 1 aliphatic rings. The third-order valence-corrected chi connectivity index (χ3v) is 4.36. The molecule has 1 aromatic carbocycles. The van der Waals surface area contributed by atoms with E-state index in [2.05, 4.69) is 15.6 Å². The lowest BCUT2D eigenvalue weighted by atomic mass is 10.1. The maximum Gasteiger partial charge on any atom is 0.325 e. The predicted octanol–water partition coefficient (Wildman–Crippen LogP) is 3.02. The van der Waals surface area contributed by atoms with Crippen LogP contribution >= 0.6 is 0 Å². The van der Waals surface area contributed by atoms with Crippen LogP contribution in [0.15, 0.2) is 23.2 Å². The first-order chi connectivity index (χ1) is 13.3. The Morgan fingerprint density at radius 2 is 1.93 bits per heavy atom. The second kappa shape index (κ2) is 10.2. The Balaban J connectivity index is 1.97. The number of carbonyl (C=O) groups excluding carboxylic acids is 1. The molecular formula is C21H33N3O4. The first-order valence-electron chi connectivity index (χ1n) is 9.81. The molecular weight excluding hydrogens is 358 g/mol. The van der Waals surface area contributed by atoms with E-state index in [9.17, 15) is 4.79 Å². The van der Waals surface area contributed by atoms with Crippen molar-refractivity contribution in [1.29, 1.82) is 0 Å². The number of methoxy groups -OCH3 is 1. The minimum absolute atomic E-state index is 0.0421. The van der Waals surface area contributed by atoms with Crippen LogP contribution in [0.4, 0.5) is 0 Å². The van der Waals surface area contributed by atoms with Crippen molar-refractivity contribution in [2.75, 3.05) is 20.7 Å². The Morgan fingerprint density at radius 1 is 1.21 bits per heavy atom. The molecule has 0 spiro atoms. The lowest BCUT2D eigenvalue weighted by Crippen LogP contribution is -2.41. The number of nitrogens with zero attached hydrogens (tertiary/aromatic N) is 1. The minimum Gasteiger partial charge on any atom is -0.493 e. The Labute approximate surface area is 167 Å². The number of guanidine groups is 1. The van der Waals surface area contributed by atoms with Crippen molar-refractivity contribution in [3.63, 3.8) is 0 Å². The monoisotopic (exact) mass is 391 g/mol. The van der Waals surface area contributed by atoms with Crippen molar-refractivity contribution < 1.29 is 19.0 Å². The summed E-state index contributed by atoms with van der Waals surface area (Å²) in [6.07, 6.45) is 4.79. The number of nitrogens with one attached hydrogen (secondary N) is 2. The standard InChI is InChI=1S/C21H33N3O4/c1-21(2,3)28-18(25)14-24-20(22-4)23-13-15-9-8-12-17(26-5)19(15)27-16-10-6-7-11-16/h8-9,12,16H,6-7,10-11,13-14H2,1-5H3,(H2,22,23,24). The van der Waals surface area contributed by atoms with E-state index < -0.39 is 5.60 Å². The van der Waals surface area contributed by atoms with Crippen LogP contribution < -0.4 is 20.1 Å². The highest BCUT2D eigenvalue weighted by molar-refractivity contribution is 5.84. The molecule has 2 rings (SSSR count). The molecule has 0 unspecified atom stereocenters. The van der Waals surface area contributed by atoms with Gasteiger partial charge in [-0.1, -0.05) is 12.1 Å². The average molecular weight is 392 g/mol. The van der Waals surface area contributed by atoms with E-state index in [1.165, 1.54) is 12.8 Å². The van der Waals surface area contributed by atoms with E-state index >= 15 is 0 Å². The van der Waals surface area contributed by atoms with Crippen molar-refractivity contribution in [2.24, 2.45) is 4.99 Å². The predicted molar refractivity (Wildman–Crippen MR) is 110 cm³/mol. The summed E-state index contributed by atoms with van der Waals surface area (Å²) < 4.78 is 17.0. The molecule has 0 atom stereocenters. The van der Waals surface area contributed by atoms with Crippen LogP contribution in [0.3, 0.4) is 0 Å². The second-order valence-electron chi connectivity index (χ2n) is 7.84. The molecule has 2 N–H and O–H groups in total. The fourth-order valence-electron chi connectivity index (χ4n) is 3.10. The summed E-state index contributed by atoms with van der Waals surface area (Å²) in [6, 6.07) is 5.85. The van der Waals surface area contributed by atoms with E-state index in [0.717, 1.165) is 29.9 Å². The molecule has 1 fully saturated rings. The number of carbonyl (C=O) groups is 1. The van der Waals surface area contributed by atoms with Crippen LogP contribution in [-0.2, 0) is 16.1 Å². The van der Waals surface area contributed by atoms with Crippen molar-refractivity contribution in [3.8, 4) is 11.5 Å². The van der Waals surface area contributed by atoms with E-state index in [-0.39, 0.29) is 18.6 Å².